The van der Waals surface area contributed by atoms with Crippen LogP contribution in [0.3, 0.4) is 0 Å². The molecule has 1 aliphatic rings. The van der Waals surface area contributed by atoms with Gasteiger partial charge in [0.25, 0.3) is 0 Å². The summed E-state index contributed by atoms with van der Waals surface area (Å²) in [7, 11) is -3.42. The van der Waals surface area contributed by atoms with Gasteiger partial charge in [-0.15, -0.1) is 0 Å². The highest BCUT2D eigenvalue weighted by atomic mass is 32.2. The first-order valence-corrected chi connectivity index (χ1v) is 12.5. The zero-order chi connectivity index (χ0) is 23.3. The van der Waals surface area contributed by atoms with Crippen LogP contribution < -0.4 is 0 Å². The number of benzene rings is 2. The van der Waals surface area contributed by atoms with Crippen molar-refractivity contribution in [3.63, 3.8) is 0 Å². The molecule has 0 N–H and O–H groups in total. The molecule has 0 spiro atoms. The van der Waals surface area contributed by atoms with E-state index >= 15 is 0 Å². The van der Waals surface area contributed by atoms with Crippen LogP contribution in [0.15, 0.2) is 66.9 Å². The van der Waals surface area contributed by atoms with Crippen molar-refractivity contribution in [2.24, 2.45) is 0 Å². The number of piperazine rings is 1. The van der Waals surface area contributed by atoms with Gasteiger partial charge in [-0.25, -0.2) is 8.42 Å². The molecule has 0 aliphatic carbocycles. The van der Waals surface area contributed by atoms with E-state index in [0.29, 0.717) is 39.1 Å². The zero-order valence-corrected chi connectivity index (χ0v) is 19.1. The highest BCUT2D eigenvalue weighted by Gasteiger charge is 2.28. The Balaban J connectivity index is 1.39. The van der Waals surface area contributed by atoms with Crippen molar-refractivity contribution in [2.75, 3.05) is 26.2 Å². The van der Waals surface area contributed by atoms with E-state index in [4.69, 9.17) is 5.26 Å². The molecule has 3 aromatic rings. The van der Waals surface area contributed by atoms with E-state index < -0.39 is 10.0 Å². The molecule has 0 bridgehead atoms. The minimum absolute atomic E-state index is 0.0302. The predicted molar refractivity (Wildman–Crippen MR) is 128 cm³/mol. The van der Waals surface area contributed by atoms with Crippen LogP contribution in [0.1, 0.15) is 17.5 Å². The third-order valence-corrected chi connectivity index (χ3v) is 7.68. The SMILES string of the molecule is N#CCCn1cc(C=CC(=O)N2CCN(S(=O)(=O)Cc3ccccc3)CC2)c2ccccc21. The van der Waals surface area contributed by atoms with Crippen LogP contribution in [0.25, 0.3) is 17.0 Å². The molecular formula is C25H26N4O3S. The molecule has 170 valence electrons. The fourth-order valence-corrected chi connectivity index (χ4v) is 5.61. The molecule has 2 heterocycles. The van der Waals surface area contributed by atoms with Crippen LogP contribution in [0.5, 0.6) is 0 Å². The fourth-order valence-electron chi connectivity index (χ4n) is 4.09. The van der Waals surface area contributed by atoms with Crippen molar-refractivity contribution in [2.45, 2.75) is 18.7 Å². The van der Waals surface area contributed by atoms with Crippen LogP contribution in [-0.4, -0.2) is 54.3 Å². The molecule has 0 unspecified atom stereocenters. The van der Waals surface area contributed by atoms with Crippen LogP contribution in [0.4, 0.5) is 0 Å². The topological polar surface area (TPSA) is 86.4 Å². The van der Waals surface area contributed by atoms with Gasteiger partial charge in [0.15, 0.2) is 0 Å². The second-order valence-corrected chi connectivity index (χ2v) is 9.97. The minimum atomic E-state index is -3.42. The van der Waals surface area contributed by atoms with Crippen LogP contribution in [-0.2, 0) is 27.1 Å². The smallest absolute Gasteiger partial charge is 0.246 e. The average Bonchev–Trinajstić information content (AvgIpc) is 3.19. The van der Waals surface area contributed by atoms with E-state index in [2.05, 4.69) is 6.07 Å². The largest absolute Gasteiger partial charge is 0.346 e. The van der Waals surface area contributed by atoms with Gasteiger partial charge in [-0.05, 0) is 17.7 Å². The molecule has 2 aromatic carbocycles. The van der Waals surface area contributed by atoms with Gasteiger partial charge < -0.3 is 9.47 Å². The van der Waals surface area contributed by atoms with Crippen molar-refractivity contribution in [1.29, 1.82) is 5.26 Å². The molecule has 1 fully saturated rings. The normalized spacial score (nSPS) is 15.2. The molecule has 4 rings (SSSR count). The van der Waals surface area contributed by atoms with Gasteiger partial charge in [0.05, 0.1) is 18.2 Å². The number of amides is 1. The van der Waals surface area contributed by atoms with E-state index in [1.165, 1.54) is 4.31 Å². The first-order valence-electron chi connectivity index (χ1n) is 10.9. The molecule has 0 atom stereocenters. The summed E-state index contributed by atoms with van der Waals surface area (Å²) >= 11 is 0. The van der Waals surface area contributed by atoms with E-state index in [1.807, 2.05) is 53.2 Å². The molecule has 1 saturated heterocycles. The molecule has 1 aliphatic heterocycles. The number of fused-ring (bicyclic) bond motifs is 1. The summed E-state index contributed by atoms with van der Waals surface area (Å²) in [5.41, 5.74) is 2.70. The van der Waals surface area contributed by atoms with E-state index in [1.54, 1.807) is 29.2 Å². The number of carbonyl (C=O) groups excluding carboxylic acids is 1. The molecule has 1 aromatic heterocycles. The quantitative estimate of drug-likeness (QED) is 0.505. The maximum absolute atomic E-state index is 12.8. The highest BCUT2D eigenvalue weighted by Crippen LogP contribution is 2.23. The Morgan fingerprint density at radius 3 is 2.42 bits per heavy atom. The number of sulfonamides is 1. The van der Waals surface area contributed by atoms with E-state index in [9.17, 15) is 13.2 Å². The maximum Gasteiger partial charge on any atom is 0.246 e. The fraction of sp³-hybridized carbons (Fsp3) is 0.280. The lowest BCUT2D eigenvalue weighted by molar-refractivity contribution is -0.127. The maximum atomic E-state index is 12.8. The monoisotopic (exact) mass is 462 g/mol. The molecule has 7 nitrogen and oxygen atoms in total. The van der Waals surface area contributed by atoms with Crippen LogP contribution in [0, 0.1) is 11.3 Å². The highest BCUT2D eigenvalue weighted by molar-refractivity contribution is 7.88. The third-order valence-electron chi connectivity index (χ3n) is 5.82. The summed E-state index contributed by atoms with van der Waals surface area (Å²) in [5, 5.41) is 9.93. The van der Waals surface area contributed by atoms with E-state index in [-0.39, 0.29) is 11.7 Å². The number of nitrogens with zero attached hydrogens (tertiary/aromatic N) is 4. The van der Waals surface area contributed by atoms with Gasteiger partial charge in [0.1, 0.15) is 0 Å². The Morgan fingerprint density at radius 1 is 1.00 bits per heavy atom. The summed E-state index contributed by atoms with van der Waals surface area (Å²) in [6.45, 7) is 1.91. The Hall–Kier alpha value is -3.41. The predicted octanol–water partition coefficient (Wildman–Crippen LogP) is 3.24. The van der Waals surface area contributed by atoms with Crippen molar-refractivity contribution in [3.8, 4) is 6.07 Å². The molecule has 0 saturated carbocycles. The third kappa shape index (κ3) is 5.33. The summed E-state index contributed by atoms with van der Waals surface area (Å²) in [6.07, 6.45) is 5.72. The summed E-state index contributed by atoms with van der Waals surface area (Å²) in [6, 6.07) is 19.2. The number of nitriles is 1. The number of rotatable bonds is 7. The zero-order valence-electron chi connectivity index (χ0n) is 18.3. The van der Waals surface area contributed by atoms with Crippen LogP contribution >= 0.6 is 0 Å². The van der Waals surface area contributed by atoms with Gasteiger partial charge in [-0.1, -0.05) is 48.5 Å². The molecule has 0 radical (unpaired) electrons. The number of aryl methyl sites for hydroxylation is 1. The lowest BCUT2D eigenvalue weighted by atomic mass is 10.1. The van der Waals surface area contributed by atoms with Gasteiger partial charge >= 0.3 is 0 Å². The Labute approximate surface area is 194 Å². The second kappa shape index (κ2) is 10.0. The first kappa shape index (κ1) is 22.8. The van der Waals surface area contributed by atoms with Crippen molar-refractivity contribution in [3.05, 3.63) is 78.0 Å². The summed E-state index contributed by atoms with van der Waals surface area (Å²) < 4.78 is 29.0. The second-order valence-electron chi connectivity index (χ2n) is 8.00. The van der Waals surface area contributed by atoms with Crippen molar-refractivity contribution < 1.29 is 13.2 Å². The minimum Gasteiger partial charge on any atom is -0.346 e. The Morgan fingerprint density at radius 2 is 1.70 bits per heavy atom. The standard InChI is InChI=1S/C25H26N4O3S/c26-13-6-14-28-19-22(23-9-4-5-10-24(23)28)11-12-25(30)27-15-17-29(18-16-27)33(31,32)20-21-7-2-1-3-8-21/h1-5,7-12,19H,6,14-18,20H2. The van der Waals surface area contributed by atoms with Gasteiger partial charge in [-0.3, -0.25) is 4.79 Å². The number of aromatic nitrogens is 1. The molecule has 8 heteroatoms. The number of hydrogen-bond donors (Lipinski definition) is 0. The molecular weight excluding hydrogens is 436 g/mol. The van der Waals surface area contributed by atoms with Gasteiger partial charge in [0.2, 0.25) is 15.9 Å². The average molecular weight is 463 g/mol. The lowest BCUT2D eigenvalue weighted by Gasteiger charge is -2.33. The number of para-hydroxylation sites is 1. The Kier molecular flexibility index (Phi) is 6.92. The summed E-state index contributed by atoms with van der Waals surface area (Å²) in [4.78, 5) is 14.4. The lowest BCUT2D eigenvalue weighted by Crippen LogP contribution is -2.50. The summed E-state index contributed by atoms with van der Waals surface area (Å²) in [5.74, 6) is -0.165. The number of carbonyl (C=O) groups is 1. The Bertz CT molecular complexity index is 1300. The first-order chi connectivity index (χ1) is 16.0. The van der Waals surface area contributed by atoms with Gasteiger partial charge in [0, 0.05) is 61.5 Å². The number of hydrogen-bond acceptors (Lipinski definition) is 4. The van der Waals surface area contributed by atoms with Crippen molar-refractivity contribution in [1.82, 2.24) is 13.8 Å². The van der Waals surface area contributed by atoms with E-state index in [0.717, 1.165) is 22.0 Å². The van der Waals surface area contributed by atoms with Gasteiger partial charge in [-0.2, -0.15) is 9.57 Å². The van der Waals surface area contributed by atoms with Crippen molar-refractivity contribution >= 4 is 32.9 Å². The molecule has 1 amide bonds. The molecule has 33 heavy (non-hydrogen) atoms. The van der Waals surface area contributed by atoms with Crippen LogP contribution in [0.2, 0.25) is 0 Å².